The first-order chi connectivity index (χ1) is 12.2. The SMILES string of the molecule is Cc1ccc(S(=O)(=O)N(C)C)cc1NC(=O)C1(c2ccc(Cl)cc2)CC1. The van der Waals surface area contributed by atoms with Crippen LogP contribution in [0.1, 0.15) is 24.0 Å². The van der Waals surface area contributed by atoms with E-state index < -0.39 is 15.4 Å². The summed E-state index contributed by atoms with van der Waals surface area (Å²) in [6.07, 6.45) is 1.52. The summed E-state index contributed by atoms with van der Waals surface area (Å²) in [4.78, 5) is 13.1. The second-order valence-corrected chi connectivity index (χ2v) is 9.40. The molecule has 0 aromatic heterocycles. The molecule has 0 bridgehead atoms. The Kier molecular flexibility index (Phi) is 4.86. The lowest BCUT2D eigenvalue weighted by Gasteiger charge is -2.18. The molecule has 2 aromatic rings. The predicted octanol–water partition coefficient (Wildman–Crippen LogP) is 3.57. The number of aryl methyl sites for hydroxylation is 1. The van der Waals surface area contributed by atoms with E-state index in [4.69, 9.17) is 11.6 Å². The first-order valence-electron chi connectivity index (χ1n) is 8.27. The van der Waals surface area contributed by atoms with Crippen molar-refractivity contribution in [2.24, 2.45) is 0 Å². The first kappa shape index (κ1) is 18.9. The number of anilines is 1. The van der Waals surface area contributed by atoms with E-state index in [-0.39, 0.29) is 10.8 Å². The van der Waals surface area contributed by atoms with E-state index >= 15 is 0 Å². The van der Waals surface area contributed by atoms with Crippen molar-refractivity contribution in [3.63, 3.8) is 0 Å². The molecule has 0 aliphatic heterocycles. The summed E-state index contributed by atoms with van der Waals surface area (Å²) >= 11 is 5.94. The molecule has 138 valence electrons. The van der Waals surface area contributed by atoms with Gasteiger partial charge in [0, 0.05) is 24.8 Å². The van der Waals surface area contributed by atoms with Gasteiger partial charge in [-0.25, -0.2) is 12.7 Å². The standard InChI is InChI=1S/C19H21ClN2O3S/c1-13-4-9-16(26(24,25)22(2)3)12-17(13)21-18(23)19(10-11-19)14-5-7-15(20)8-6-14/h4-9,12H,10-11H2,1-3H3,(H,21,23). The average Bonchev–Trinajstić information content (AvgIpc) is 3.39. The van der Waals surface area contributed by atoms with E-state index in [1.165, 1.54) is 20.2 Å². The average molecular weight is 393 g/mol. The third-order valence-electron chi connectivity index (χ3n) is 4.82. The third kappa shape index (κ3) is 3.37. The predicted molar refractivity (Wildman–Crippen MR) is 103 cm³/mol. The minimum atomic E-state index is -3.56. The molecule has 1 aliphatic carbocycles. The maximum Gasteiger partial charge on any atom is 0.242 e. The highest BCUT2D eigenvalue weighted by molar-refractivity contribution is 7.89. The summed E-state index contributed by atoms with van der Waals surface area (Å²) in [6, 6.07) is 12.1. The molecule has 26 heavy (non-hydrogen) atoms. The lowest BCUT2D eigenvalue weighted by Crippen LogP contribution is -2.28. The summed E-state index contributed by atoms with van der Waals surface area (Å²) < 4.78 is 25.8. The van der Waals surface area contributed by atoms with Crippen LogP contribution in [0.2, 0.25) is 5.02 Å². The molecule has 2 aromatic carbocycles. The largest absolute Gasteiger partial charge is 0.325 e. The molecule has 0 heterocycles. The van der Waals surface area contributed by atoms with Gasteiger partial charge in [-0.3, -0.25) is 4.79 Å². The van der Waals surface area contributed by atoms with Crippen LogP contribution in [0.25, 0.3) is 0 Å². The van der Waals surface area contributed by atoms with Gasteiger partial charge in [0.2, 0.25) is 15.9 Å². The maximum atomic E-state index is 12.9. The molecular formula is C19H21ClN2O3S. The van der Waals surface area contributed by atoms with Gasteiger partial charge >= 0.3 is 0 Å². The second kappa shape index (κ2) is 6.68. The number of nitrogens with zero attached hydrogens (tertiary/aromatic N) is 1. The summed E-state index contributed by atoms with van der Waals surface area (Å²) in [7, 11) is -0.603. The fourth-order valence-electron chi connectivity index (χ4n) is 2.89. The van der Waals surface area contributed by atoms with E-state index in [2.05, 4.69) is 5.32 Å². The van der Waals surface area contributed by atoms with Gasteiger partial charge in [0.25, 0.3) is 0 Å². The van der Waals surface area contributed by atoms with E-state index in [0.717, 1.165) is 28.3 Å². The topological polar surface area (TPSA) is 66.5 Å². The van der Waals surface area contributed by atoms with Gasteiger partial charge in [-0.1, -0.05) is 29.8 Å². The molecule has 1 fully saturated rings. The Morgan fingerprint density at radius 1 is 1.12 bits per heavy atom. The van der Waals surface area contributed by atoms with E-state index in [9.17, 15) is 13.2 Å². The molecule has 0 saturated heterocycles. The second-order valence-electron chi connectivity index (χ2n) is 6.81. The van der Waals surface area contributed by atoms with Gasteiger partial charge in [-0.2, -0.15) is 0 Å². The van der Waals surface area contributed by atoms with Gasteiger partial charge < -0.3 is 5.32 Å². The molecule has 1 N–H and O–H groups in total. The first-order valence-corrected chi connectivity index (χ1v) is 10.1. The minimum absolute atomic E-state index is 0.123. The number of amides is 1. The number of benzene rings is 2. The van der Waals surface area contributed by atoms with Gasteiger partial charge in [0.1, 0.15) is 0 Å². The monoisotopic (exact) mass is 392 g/mol. The lowest BCUT2D eigenvalue weighted by molar-refractivity contribution is -0.118. The Balaban J connectivity index is 1.89. The van der Waals surface area contributed by atoms with Crippen molar-refractivity contribution in [1.82, 2.24) is 4.31 Å². The smallest absolute Gasteiger partial charge is 0.242 e. The normalized spacial score (nSPS) is 15.7. The zero-order valence-electron chi connectivity index (χ0n) is 14.9. The van der Waals surface area contributed by atoms with Crippen molar-refractivity contribution < 1.29 is 13.2 Å². The van der Waals surface area contributed by atoms with Gasteiger partial charge in [0.05, 0.1) is 10.3 Å². The van der Waals surface area contributed by atoms with E-state index in [1.54, 1.807) is 24.3 Å². The van der Waals surface area contributed by atoms with Gasteiger partial charge in [-0.15, -0.1) is 0 Å². The minimum Gasteiger partial charge on any atom is -0.325 e. The van der Waals surface area contributed by atoms with Crippen LogP contribution in [0.15, 0.2) is 47.4 Å². The molecule has 0 unspecified atom stereocenters. The molecule has 0 spiro atoms. The Hall–Kier alpha value is -1.89. The number of carbonyl (C=O) groups excluding carboxylic acids is 1. The summed E-state index contributed by atoms with van der Waals surface area (Å²) in [6.45, 7) is 1.84. The zero-order chi connectivity index (χ0) is 19.1. The van der Waals surface area contributed by atoms with Crippen LogP contribution in [-0.2, 0) is 20.2 Å². The summed E-state index contributed by atoms with van der Waals surface area (Å²) in [5.41, 5.74) is 1.68. The lowest BCUT2D eigenvalue weighted by atomic mass is 9.95. The quantitative estimate of drug-likeness (QED) is 0.845. The number of nitrogens with one attached hydrogen (secondary N) is 1. The van der Waals surface area contributed by atoms with Crippen LogP contribution in [0.4, 0.5) is 5.69 Å². The molecule has 3 rings (SSSR count). The third-order valence-corrected chi connectivity index (χ3v) is 6.88. The highest BCUT2D eigenvalue weighted by Gasteiger charge is 2.51. The van der Waals surface area contributed by atoms with Crippen molar-refractivity contribution in [2.75, 3.05) is 19.4 Å². The number of halogens is 1. The summed E-state index contributed by atoms with van der Waals surface area (Å²) in [5.74, 6) is -0.123. The molecular weight excluding hydrogens is 372 g/mol. The Bertz CT molecular complexity index is 949. The maximum absolute atomic E-state index is 12.9. The number of rotatable bonds is 5. The van der Waals surface area contributed by atoms with Crippen LogP contribution >= 0.6 is 11.6 Å². The Labute approximate surface area is 159 Å². The number of carbonyl (C=O) groups is 1. The number of hydrogen-bond donors (Lipinski definition) is 1. The highest BCUT2D eigenvalue weighted by atomic mass is 35.5. The molecule has 1 amide bonds. The Morgan fingerprint density at radius 3 is 2.27 bits per heavy atom. The molecule has 0 radical (unpaired) electrons. The van der Waals surface area contributed by atoms with Crippen LogP contribution in [-0.4, -0.2) is 32.7 Å². The molecule has 0 atom stereocenters. The van der Waals surface area contributed by atoms with Crippen molar-refractivity contribution >= 4 is 33.2 Å². The van der Waals surface area contributed by atoms with Crippen molar-refractivity contribution in [3.8, 4) is 0 Å². The van der Waals surface area contributed by atoms with Crippen LogP contribution in [0.5, 0.6) is 0 Å². The molecule has 5 nitrogen and oxygen atoms in total. The fourth-order valence-corrected chi connectivity index (χ4v) is 3.94. The molecule has 7 heteroatoms. The van der Waals surface area contributed by atoms with Crippen molar-refractivity contribution in [2.45, 2.75) is 30.1 Å². The van der Waals surface area contributed by atoms with Gasteiger partial charge in [-0.05, 0) is 55.2 Å². The van der Waals surface area contributed by atoms with Crippen molar-refractivity contribution in [1.29, 1.82) is 0 Å². The zero-order valence-corrected chi connectivity index (χ0v) is 16.5. The van der Waals surface area contributed by atoms with Crippen LogP contribution < -0.4 is 5.32 Å². The molecule has 1 aliphatic rings. The van der Waals surface area contributed by atoms with Crippen molar-refractivity contribution in [3.05, 3.63) is 58.6 Å². The fraction of sp³-hybridized carbons (Fsp3) is 0.316. The van der Waals surface area contributed by atoms with Gasteiger partial charge in [0.15, 0.2) is 0 Å². The Morgan fingerprint density at radius 2 is 1.73 bits per heavy atom. The van der Waals surface area contributed by atoms with Crippen LogP contribution in [0.3, 0.4) is 0 Å². The number of sulfonamides is 1. The highest BCUT2D eigenvalue weighted by Crippen LogP contribution is 2.49. The van der Waals surface area contributed by atoms with E-state index in [0.29, 0.717) is 10.7 Å². The number of hydrogen-bond acceptors (Lipinski definition) is 3. The van der Waals surface area contributed by atoms with E-state index in [1.807, 2.05) is 19.1 Å². The van der Waals surface area contributed by atoms with Crippen LogP contribution in [0, 0.1) is 6.92 Å². The molecule has 1 saturated carbocycles. The summed E-state index contributed by atoms with van der Waals surface area (Å²) in [5, 5.41) is 3.55.